The highest BCUT2D eigenvalue weighted by atomic mass is 32.2. The summed E-state index contributed by atoms with van der Waals surface area (Å²) in [5, 5.41) is 17.4. The summed E-state index contributed by atoms with van der Waals surface area (Å²) < 4.78 is 34.1. The summed E-state index contributed by atoms with van der Waals surface area (Å²) in [5.74, 6) is -0.854. The van der Waals surface area contributed by atoms with Crippen LogP contribution >= 0.6 is 11.8 Å². The normalized spacial score (nSPS) is 16.9. The van der Waals surface area contributed by atoms with Crippen LogP contribution in [0.2, 0.25) is 0 Å². The molecule has 1 aliphatic rings. The number of amidine groups is 1. The zero-order chi connectivity index (χ0) is 31.0. The summed E-state index contributed by atoms with van der Waals surface area (Å²) in [7, 11) is -4.01. The number of sulfonamides is 1. The van der Waals surface area contributed by atoms with Gasteiger partial charge in [0.05, 0.1) is 23.5 Å². The number of nitrogens with zero attached hydrogens (tertiary/aromatic N) is 2. The average molecular weight is 625 g/mol. The van der Waals surface area contributed by atoms with Crippen LogP contribution in [0.15, 0.2) is 95.0 Å². The molecule has 10 nitrogen and oxygen atoms in total. The summed E-state index contributed by atoms with van der Waals surface area (Å²) in [6.45, 7) is 5.91. The van der Waals surface area contributed by atoms with Crippen LogP contribution < -0.4 is 10.6 Å². The highest BCUT2D eigenvalue weighted by Crippen LogP contribution is 2.32. The van der Waals surface area contributed by atoms with Gasteiger partial charge in [-0.15, -0.1) is 11.8 Å². The molecular formula is C31H36N4O6S2. The molecule has 3 aromatic rings. The molecule has 1 saturated heterocycles. The first-order chi connectivity index (χ1) is 20.5. The standard InChI is InChI=1S/C31H36N4O6S2/c1-31(2,3)41-20-18-26(36)32-28(34-38)27(24-12-8-5-9-13-24)33-29(37)30-35(19-21-42-30)43(39,40)25-16-14-23(15-17-25)22-10-6-4-7-11-22/h4-17,27,30,38H,18-21H2,1-3H3,(H,33,37)(H,32,34,36). The van der Waals surface area contributed by atoms with Gasteiger partial charge < -0.3 is 20.6 Å². The van der Waals surface area contributed by atoms with Crippen molar-refractivity contribution in [1.82, 2.24) is 14.9 Å². The van der Waals surface area contributed by atoms with Crippen molar-refractivity contribution in [1.29, 1.82) is 0 Å². The van der Waals surface area contributed by atoms with Crippen molar-refractivity contribution in [3.63, 3.8) is 0 Å². The number of oxime groups is 1. The summed E-state index contributed by atoms with van der Waals surface area (Å²) in [4.78, 5) is 26.4. The van der Waals surface area contributed by atoms with E-state index in [0.717, 1.165) is 11.1 Å². The molecular weight excluding hydrogens is 588 g/mol. The lowest BCUT2D eigenvalue weighted by atomic mass is 10.1. The maximum atomic E-state index is 13.7. The molecule has 3 aromatic carbocycles. The molecule has 0 aliphatic carbocycles. The second kappa shape index (κ2) is 14.2. The fourth-order valence-electron chi connectivity index (χ4n) is 4.47. The number of rotatable bonds is 10. The van der Waals surface area contributed by atoms with Gasteiger partial charge in [0.25, 0.3) is 0 Å². The molecule has 1 aliphatic heterocycles. The molecule has 2 amide bonds. The van der Waals surface area contributed by atoms with Crippen molar-refractivity contribution in [2.24, 2.45) is 5.16 Å². The molecule has 3 N–H and O–H groups in total. The number of nitrogens with one attached hydrogen (secondary N) is 2. The smallest absolute Gasteiger partial charge is 0.249 e. The molecule has 2 unspecified atom stereocenters. The van der Waals surface area contributed by atoms with Crippen LogP contribution in [0.25, 0.3) is 11.1 Å². The summed E-state index contributed by atoms with van der Waals surface area (Å²) in [6.07, 6.45) is -0.000688. The van der Waals surface area contributed by atoms with E-state index < -0.39 is 38.9 Å². The first-order valence-corrected chi connectivity index (χ1v) is 16.3. The van der Waals surface area contributed by atoms with Crippen molar-refractivity contribution < 1.29 is 28.0 Å². The lowest BCUT2D eigenvalue weighted by molar-refractivity contribution is -0.123. The summed E-state index contributed by atoms with van der Waals surface area (Å²) in [6, 6.07) is 23.8. The number of thioether (sulfide) groups is 1. The van der Waals surface area contributed by atoms with Gasteiger partial charge in [0.15, 0.2) is 5.84 Å². The fourth-order valence-corrected chi connectivity index (χ4v) is 7.56. The highest BCUT2D eigenvalue weighted by Gasteiger charge is 2.41. The molecule has 1 fully saturated rings. The number of benzene rings is 3. The van der Waals surface area contributed by atoms with E-state index >= 15 is 0 Å². The largest absolute Gasteiger partial charge is 0.409 e. The number of carbonyl (C=O) groups is 2. The minimum atomic E-state index is -4.01. The second-order valence-electron chi connectivity index (χ2n) is 10.8. The quantitative estimate of drug-likeness (QED) is 0.132. The van der Waals surface area contributed by atoms with Crippen molar-refractivity contribution >= 4 is 39.4 Å². The molecule has 1 heterocycles. The van der Waals surface area contributed by atoms with Gasteiger partial charge in [0.1, 0.15) is 11.4 Å². The predicted octanol–water partition coefficient (Wildman–Crippen LogP) is 4.38. The van der Waals surface area contributed by atoms with Crippen LogP contribution in [-0.4, -0.2) is 65.5 Å². The number of hydrogen-bond donors (Lipinski definition) is 3. The molecule has 0 spiro atoms. The van der Waals surface area contributed by atoms with Crippen LogP contribution in [-0.2, 0) is 24.3 Å². The zero-order valence-corrected chi connectivity index (χ0v) is 25.9. The van der Waals surface area contributed by atoms with Gasteiger partial charge in [-0.2, -0.15) is 4.31 Å². The third-order valence-electron chi connectivity index (χ3n) is 6.57. The Morgan fingerprint density at radius 2 is 1.60 bits per heavy atom. The van der Waals surface area contributed by atoms with E-state index in [0.29, 0.717) is 11.3 Å². The molecule has 4 rings (SSSR count). The van der Waals surface area contributed by atoms with E-state index in [4.69, 9.17) is 4.74 Å². The molecule has 0 saturated carbocycles. The minimum Gasteiger partial charge on any atom is -0.409 e. The second-order valence-corrected chi connectivity index (χ2v) is 13.9. The SMILES string of the molecule is CC(C)(C)OCCC(=O)N/C(=N\O)C(NC(=O)C1SCCN1S(=O)(=O)c1ccc(-c2ccccc2)cc1)c1ccccc1. The topological polar surface area (TPSA) is 137 Å². The van der Waals surface area contributed by atoms with Crippen molar-refractivity contribution in [3.8, 4) is 11.1 Å². The molecule has 12 heteroatoms. The monoisotopic (exact) mass is 624 g/mol. The summed E-state index contributed by atoms with van der Waals surface area (Å²) >= 11 is 1.19. The highest BCUT2D eigenvalue weighted by molar-refractivity contribution is 8.02. The molecule has 0 aromatic heterocycles. The third-order valence-corrected chi connectivity index (χ3v) is 9.79. The fraction of sp³-hybridized carbons (Fsp3) is 0.323. The van der Waals surface area contributed by atoms with Gasteiger partial charge in [-0.25, -0.2) is 8.42 Å². The van der Waals surface area contributed by atoms with Crippen LogP contribution in [0, 0.1) is 0 Å². The predicted molar refractivity (Wildman–Crippen MR) is 167 cm³/mol. The molecule has 228 valence electrons. The third kappa shape index (κ3) is 8.44. The Hall–Kier alpha value is -3.71. The van der Waals surface area contributed by atoms with E-state index in [9.17, 15) is 23.2 Å². The van der Waals surface area contributed by atoms with E-state index in [1.165, 1.54) is 28.2 Å². The Balaban J connectivity index is 1.51. The van der Waals surface area contributed by atoms with Gasteiger partial charge in [0.2, 0.25) is 21.8 Å². The van der Waals surface area contributed by atoms with Crippen LogP contribution in [0.4, 0.5) is 0 Å². The first-order valence-electron chi connectivity index (χ1n) is 13.8. The van der Waals surface area contributed by atoms with Crippen molar-refractivity contribution in [3.05, 3.63) is 90.5 Å². The van der Waals surface area contributed by atoms with Crippen molar-refractivity contribution in [2.75, 3.05) is 18.9 Å². The van der Waals surface area contributed by atoms with E-state index in [1.54, 1.807) is 42.5 Å². The summed E-state index contributed by atoms with van der Waals surface area (Å²) in [5.41, 5.74) is 1.94. The van der Waals surface area contributed by atoms with Gasteiger partial charge >= 0.3 is 0 Å². The average Bonchev–Trinajstić information content (AvgIpc) is 3.51. The Bertz CT molecular complexity index is 1530. The Morgan fingerprint density at radius 3 is 2.21 bits per heavy atom. The molecule has 0 bridgehead atoms. The maximum Gasteiger partial charge on any atom is 0.249 e. The number of carbonyl (C=O) groups excluding carboxylic acids is 2. The van der Waals surface area contributed by atoms with Crippen LogP contribution in [0.5, 0.6) is 0 Å². The Kier molecular flexibility index (Phi) is 10.6. The van der Waals surface area contributed by atoms with Gasteiger partial charge in [-0.1, -0.05) is 78.0 Å². The molecule has 0 radical (unpaired) electrons. The number of amides is 2. The lowest BCUT2D eigenvalue weighted by Crippen LogP contribution is -2.49. The minimum absolute atomic E-state index is 0.000688. The van der Waals surface area contributed by atoms with Crippen molar-refractivity contribution in [2.45, 2.75) is 49.1 Å². The van der Waals surface area contributed by atoms with E-state index in [2.05, 4.69) is 15.8 Å². The number of ether oxygens (including phenoxy) is 1. The Morgan fingerprint density at radius 1 is 1.00 bits per heavy atom. The first kappa shape index (κ1) is 32.2. The Labute approximate surface area is 256 Å². The van der Waals surface area contributed by atoms with E-state index in [1.807, 2.05) is 51.1 Å². The van der Waals surface area contributed by atoms with Crippen LogP contribution in [0.3, 0.4) is 0 Å². The number of hydrogen-bond acceptors (Lipinski definition) is 8. The molecule has 2 atom stereocenters. The van der Waals surface area contributed by atoms with Gasteiger partial charge in [0, 0.05) is 12.3 Å². The van der Waals surface area contributed by atoms with Crippen LogP contribution in [0.1, 0.15) is 38.8 Å². The van der Waals surface area contributed by atoms with E-state index in [-0.39, 0.29) is 30.3 Å². The van der Waals surface area contributed by atoms with Gasteiger partial charge in [-0.05, 0) is 49.6 Å². The maximum absolute atomic E-state index is 13.7. The lowest BCUT2D eigenvalue weighted by Gasteiger charge is -2.26. The van der Waals surface area contributed by atoms with Gasteiger partial charge in [-0.3, -0.25) is 9.59 Å². The zero-order valence-electron chi connectivity index (χ0n) is 24.3. The molecule has 43 heavy (non-hydrogen) atoms.